The lowest BCUT2D eigenvalue weighted by Crippen LogP contribution is -2.09. The van der Waals surface area contributed by atoms with Crippen LogP contribution in [0.25, 0.3) is 5.82 Å². The topological polar surface area (TPSA) is 108 Å². The lowest BCUT2D eigenvalue weighted by atomic mass is 10.1. The van der Waals surface area contributed by atoms with E-state index in [9.17, 15) is 0 Å². The average molecular weight is 380 g/mol. The van der Waals surface area contributed by atoms with Crippen molar-refractivity contribution in [1.82, 2.24) is 25.2 Å². The molecule has 2 aromatic heterocycles. The molecule has 0 atom stereocenters. The molecule has 3 rings (SSSR count). The van der Waals surface area contributed by atoms with Crippen LogP contribution in [0.5, 0.6) is 17.2 Å². The summed E-state index contributed by atoms with van der Waals surface area (Å²) in [5.41, 5.74) is 1.90. The monoisotopic (exact) mass is 380 g/mol. The summed E-state index contributed by atoms with van der Waals surface area (Å²) in [6, 6.07) is 9.47. The Labute approximate surface area is 162 Å². The highest BCUT2D eigenvalue weighted by Crippen LogP contribution is 2.39. The molecular formula is C19H20N6O3. The molecule has 0 radical (unpaired) electrons. The number of aryl methyl sites for hydroxylation is 1. The molecule has 0 saturated carbocycles. The fourth-order valence-electron chi connectivity index (χ4n) is 2.68. The maximum absolute atomic E-state index is 8.93. The van der Waals surface area contributed by atoms with E-state index in [0.717, 1.165) is 17.5 Å². The lowest BCUT2D eigenvalue weighted by molar-refractivity contribution is 0.256. The number of nitrogens with zero attached hydrogens (tertiary/aromatic N) is 6. The number of ether oxygens (including phenoxy) is 3. The number of hydrogen-bond donors (Lipinski definition) is 0. The predicted molar refractivity (Wildman–Crippen MR) is 99.5 cm³/mol. The van der Waals surface area contributed by atoms with Gasteiger partial charge in [-0.3, -0.25) is 0 Å². The van der Waals surface area contributed by atoms with E-state index in [2.05, 4.69) is 33.5 Å². The average Bonchev–Trinajstić information content (AvgIpc) is 3.21. The van der Waals surface area contributed by atoms with Gasteiger partial charge in [-0.2, -0.15) is 9.94 Å². The minimum absolute atomic E-state index is 0.0787. The Kier molecular flexibility index (Phi) is 6.01. The summed E-state index contributed by atoms with van der Waals surface area (Å²) in [7, 11) is 3.06. The molecular weight excluding hydrogens is 360 g/mol. The van der Waals surface area contributed by atoms with Gasteiger partial charge < -0.3 is 14.2 Å². The van der Waals surface area contributed by atoms with E-state index in [1.54, 1.807) is 18.3 Å². The maximum atomic E-state index is 8.93. The summed E-state index contributed by atoms with van der Waals surface area (Å²) in [6.45, 7) is 2.15. The standard InChI is InChI=1S/C19H20N6O3/c1-4-13-6-8-21-17(11-13)25-18(22-23-24-25)12-28-19-15(26-2)9-14(5-7-20)10-16(19)27-3/h6,8-11H,4-5,12H2,1-3H3. The number of tetrazole rings is 1. The summed E-state index contributed by atoms with van der Waals surface area (Å²) < 4.78 is 18.3. The van der Waals surface area contributed by atoms with Crippen molar-refractivity contribution in [1.29, 1.82) is 5.26 Å². The summed E-state index contributed by atoms with van der Waals surface area (Å²) >= 11 is 0. The van der Waals surface area contributed by atoms with Crippen LogP contribution in [-0.4, -0.2) is 39.4 Å². The van der Waals surface area contributed by atoms with Gasteiger partial charge in [0.15, 0.2) is 29.7 Å². The van der Waals surface area contributed by atoms with E-state index in [-0.39, 0.29) is 13.0 Å². The highest BCUT2D eigenvalue weighted by atomic mass is 16.5. The largest absolute Gasteiger partial charge is 0.493 e. The first-order chi connectivity index (χ1) is 13.7. The molecule has 0 amide bonds. The van der Waals surface area contributed by atoms with Crippen molar-refractivity contribution >= 4 is 0 Å². The number of aromatic nitrogens is 5. The van der Waals surface area contributed by atoms with Crippen LogP contribution in [0.3, 0.4) is 0 Å². The minimum atomic E-state index is 0.0787. The van der Waals surface area contributed by atoms with Crippen LogP contribution in [0.2, 0.25) is 0 Å². The summed E-state index contributed by atoms with van der Waals surface area (Å²) in [6.07, 6.45) is 2.85. The van der Waals surface area contributed by atoms with Crippen LogP contribution >= 0.6 is 0 Å². The molecule has 0 N–H and O–H groups in total. The molecule has 2 heterocycles. The summed E-state index contributed by atoms with van der Waals surface area (Å²) in [4.78, 5) is 4.33. The van der Waals surface area contributed by atoms with Crippen molar-refractivity contribution in [2.45, 2.75) is 26.4 Å². The zero-order chi connectivity index (χ0) is 19.9. The molecule has 9 nitrogen and oxygen atoms in total. The maximum Gasteiger partial charge on any atom is 0.204 e. The second-order valence-corrected chi connectivity index (χ2v) is 5.84. The Morgan fingerprint density at radius 3 is 2.50 bits per heavy atom. The summed E-state index contributed by atoms with van der Waals surface area (Å²) in [5, 5.41) is 20.7. The highest BCUT2D eigenvalue weighted by molar-refractivity contribution is 5.54. The van der Waals surface area contributed by atoms with Crippen molar-refractivity contribution < 1.29 is 14.2 Å². The molecule has 0 spiro atoms. The molecule has 0 aliphatic heterocycles. The van der Waals surface area contributed by atoms with E-state index < -0.39 is 0 Å². The van der Waals surface area contributed by atoms with Gasteiger partial charge in [0.2, 0.25) is 5.75 Å². The number of hydrogen-bond acceptors (Lipinski definition) is 8. The smallest absolute Gasteiger partial charge is 0.204 e. The zero-order valence-corrected chi connectivity index (χ0v) is 15.9. The fraction of sp³-hybridized carbons (Fsp3) is 0.316. The van der Waals surface area contributed by atoms with Gasteiger partial charge in [-0.05, 0) is 52.2 Å². The third-order valence-corrected chi connectivity index (χ3v) is 4.12. The Balaban J connectivity index is 1.87. The first-order valence-electron chi connectivity index (χ1n) is 8.67. The molecule has 3 aromatic rings. The summed E-state index contributed by atoms with van der Waals surface area (Å²) in [5.74, 6) is 2.44. The molecule has 1 aromatic carbocycles. The Morgan fingerprint density at radius 1 is 1.11 bits per heavy atom. The molecule has 144 valence electrons. The van der Waals surface area contributed by atoms with Crippen LogP contribution in [-0.2, 0) is 19.4 Å². The Morgan fingerprint density at radius 2 is 1.86 bits per heavy atom. The van der Waals surface area contributed by atoms with Crippen molar-refractivity contribution in [3.05, 3.63) is 47.4 Å². The molecule has 0 saturated heterocycles. The quantitative estimate of drug-likeness (QED) is 0.586. The van der Waals surface area contributed by atoms with Crippen LogP contribution in [0.4, 0.5) is 0 Å². The number of nitriles is 1. The minimum Gasteiger partial charge on any atom is -0.493 e. The second kappa shape index (κ2) is 8.81. The van der Waals surface area contributed by atoms with Crippen molar-refractivity contribution in [3.63, 3.8) is 0 Å². The van der Waals surface area contributed by atoms with E-state index >= 15 is 0 Å². The van der Waals surface area contributed by atoms with Crippen LogP contribution in [0.1, 0.15) is 23.9 Å². The van der Waals surface area contributed by atoms with Crippen LogP contribution in [0, 0.1) is 11.3 Å². The number of benzene rings is 1. The Bertz CT molecular complexity index is 970. The Hall–Kier alpha value is -3.67. The van der Waals surface area contributed by atoms with Gasteiger partial charge in [0, 0.05) is 6.20 Å². The number of rotatable bonds is 8. The molecule has 9 heteroatoms. The number of methoxy groups -OCH3 is 2. The van der Waals surface area contributed by atoms with E-state index in [4.69, 9.17) is 19.5 Å². The van der Waals surface area contributed by atoms with Gasteiger partial charge in [-0.1, -0.05) is 6.92 Å². The van der Waals surface area contributed by atoms with E-state index in [0.29, 0.717) is 28.9 Å². The molecule has 28 heavy (non-hydrogen) atoms. The van der Waals surface area contributed by atoms with Crippen LogP contribution < -0.4 is 14.2 Å². The number of pyridine rings is 1. The van der Waals surface area contributed by atoms with Crippen molar-refractivity contribution in [2.75, 3.05) is 14.2 Å². The lowest BCUT2D eigenvalue weighted by Gasteiger charge is -2.15. The van der Waals surface area contributed by atoms with Gasteiger partial charge in [0.1, 0.15) is 0 Å². The molecule has 0 aliphatic rings. The zero-order valence-electron chi connectivity index (χ0n) is 15.9. The van der Waals surface area contributed by atoms with E-state index in [1.807, 2.05) is 12.1 Å². The van der Waals surface area contributed by atoms with Crippen LogP contribution in [0.15, 0.2) is 30.5 Å². The highest BCUT2D eigenvalue weighted by Gasteiger charge is 2.17. The third kappa shape index (κ3) is 4.01. The van der Waals surface area contributed by atoms with Gasteiger partial charge >= 0.3 is 0 Å². The van der Waals surface area contributed by atoms with Gasteiger partial charge in [-0.15, -0.1) is 5.10 Å². The van der Waals surface area contributed by atoms with Gasteiger partial charge in [0.25, 0.3) is 0 Å². The van der Waals surface area contributed by atoms with Crippen molar-refractivity contribution in [3.8, 4) is 29.1 Å². The van der Waals surface area contributed by atoms with E-state index in [1.165, 1.54) is 18.9 Å². The predicted octanol–water partition coefficient (Wildman–Crippen LogP) is 2.28. The second-order valence-electron chi connectivity index (χ2n) is 5.84. The van der Waals surface area contributed by atoms with Gasteiger partial charge in [-0.25, -0.2) is 4.98 Å². The fourth-order valence-corrected chi connectivity index (χ4v) is 2.68. The molecule has 0 bridgehead atoms. The van der Waals surface area contributed by atoms with Gasteiger partial charge in [0.05, 0.1) is 26.7 Å². The molecule has 0 unspecified atom stereocenters. The molecule has 0 fully saturated rings. The third-order valence-electron chi connectivity index (χ3n) is 4.12. The normalized spacial score (nSPS) is 10.4. The van der Waals surface area contributed by atoms with Crippen molar-refractivity contribution in [2.24, 2.45) is 0 Å². The SMILES string of the molecule is CCc1ccnc(-n2nnnc2COc2c(OC)cc(CC#N)cc2OC)c1. The molecule has 0 aliphatic carbocycles. The first kappa shape index (κ1) is 19.1. The first-order valence-corrected chi connectivity index (χ1v) is 8.67.